The van der Waals surface area contributed by atoms with Crippen LogP contribution in [0.3, 0.4) is 0 Å². The number of nitrogens with zero attached hydrogens (tertiary/aromatic N) is 1. The highest BCUT2D eigenvalue weighted by Gasteiger charge is 2.03. The van der Waals surface area contributed by atoms with E-state index >= 15 is 0 Å². The number of aryl methyl sites for hydroxylation is 1. The van der Waals surface area contributed by atoms with Crippen molar-refractivity contribution in [3.63, 3.8) is 0 Å². The van der Waals surface area contributed by atoms with Gasteiger partial charge in [-0.1, -0.05) is 6.07 Å². The highest BCUT2D eigenvalue weighted by molar-refractivity contribution is 5.72. The molecule has 16 heavy (non-hydrogen) atoms. The lowest BCUT2D eigenvalue weighted by Gasteiger charge is -2.08. The van der Waals surface area contributed by atoms with Gasteiger partial charge in [0.15, 0.2) is 6.29 Å². The van der Waals surface area contributed by atoms with Gasteiger partial charge >= 0.3 is 0 Å². The number of carbonyl (C=O) groups excluding carboxylic acids is 1. The van der Waals surface area contributed by atoms with Gasteiger partial charge in [0.05, 0.1) is 5.69 Å². The molecule has 1 aromatic carbocycles. The largest absolute Gasteiger partial charge is 0.341 e. The van der Waals surface area contributed by atoms with Crippen LogP contribution in [0, 0.1) is 12.7 Å². The molecule has 0 saturated heterocycles. The molecule has 0 radical (unpaired) electrons. The second-order valence-corrected chi connectivity index (χ2v) is 3.75. The molecule has 1 aromatic heterocycles. The van der Waals surface area contributed by atoms with E-state index in [0.29, 0.717) is 12.2 Å². The molecule has 0 saturated carbocycles. The fraction of sp³-hybridized carbons (Fsp3) is 0.154. The van der Waals surface area contributed by atoms with Crippen molar-refractivity contribution < 1.29 is 9.18 Å². The minimum Gasteiger partial charge on any atom is -0.341 e. The van der Waals surface area contributed by atoms with Crippen LogP contribution in [0.4, 0.5) is 4.39 Å². The Morgan fingerprint density at radius 2 is 2.19 bits per heavy atom. The molecule has 0 unspecified atom stereocenters. The summed E-state index contributed by atoms with van der Waals surface area (Å²) in [7, 11) is 0. The number of rotatable bonds is 3. The van der Waals surface area contributed by atoms with Crippen molar-refractivity contribution in [2.75, 3.05) is 0 Å². The van der Waals surface area contributed by atoms with Gasteiger partial charge in [0.25, 0.3) is 0 Å². The Kier molecular flexibility index (Phi) is 2.86. The van der Waals surface area contributed by atoms with Gasteiger partial charge in [-0.15, -0.1) is 0 Å². The van der Waals surface area contributed by atoms with Gasteiger partial charge in [0, 0.05) is 12.7 Å². The SMILES string of the molecule is Cc1cc(F)ccc1Cn1cccc1C=O. The standard InChI is InChI=1S/C13H12FNO/c1-10-7-12(14)5-4-11(10)8-15-6-2-3-13(15)9-16/h2-7,9H,8H2,1H3. The summed E-state index contributed by atoms with van der Waals surface area (Å²) in [4.78, 5) is 10.7. The molecule has 3 heteroatoms. The summed E-state index contributed by atoms with van der Waals surface area (Å²) in [6.07, 6.45) is 2.66. The second-order valence-electron chi connectivity index (χ2n) is 3.75. The minimum atomic E-state index is -0.232. The first-order chi connectivity index (χ1) is 7.70. The number of aromatic nitrogens is 1. The van der Waals surface area contributed by atoms with Gasteiger partial charge < -0.3 is 4.57 Å². The third kappa shape index (κ3) is 2.03. The molecule has 2 rings (SSSR count). The van der Waals surface area contributed by atoms with E-state index in [1.165, 1.54) is 12.1 Å². The van der Waals surface area contributed by atoms with Gasteiger partial charge in [-0.05, 0) is 42.3 Å². The maximum atomic E-state index is 12.9. The molecule has 0 aliphatic carbocycles. The second kappa shape index (κ2) is 4.31. The van der Waals surface area contributed by atoms with E-state index in [-0.39, 0.29) is 5.82 Å². The van der Waals surface area contributed by atoms with Crippen LogP contribution in [-0.2, 0) is 6.54 Å². The Morgan fingerprint density at radius 1 is 1.38 bits per heavy atom. The number of hydrogen-bond acceptors (Lipinski definition) is 1. The zero-order valence-corrected chi connectivity index (χ0v) is 8.98. The Balaban J connectivity index is 2.30. The lowest BCUT2D eigenvalue weighted by Crippen LogP contribution is -2.03. The maximum Gasteiger partial charge on any atom is 0.166 e. The first kappa shape index (κ1) is 10.6. The third-order valence-corrected chi connectivity index (χ3v) is 2.63. The number of benzene rings is 1. The Hall–Kier alpha value is -1.90. The van der Waals surface area contributed by atoms with E-state index in [1.54, 1.807) is 12.1 Å². The average molecular weight is 217 g/mol. The van der Waals surface area contributed by atoms with Gasteiger partial charge in [-0.3, -0.25) is 4.79 Å². The number of hydrogen-bond donors (Lipinski definition) is 0. The topological polar surface area (TPSA) is 22.0 Å². The molecule has 0 N–H and O–H groups in total. The van der Waals surface area contributed by atoms with Crippen LogP contribution >= 0.6 is 0 Å². The van der Waals surface area contributed by atoms with Crippen molar-refractivity contribution in [3.05, 3.63) is 59.2 Å². The molecule has 0 aliphatic rings. The van der Waals surface area contributed by atoms with Crippen LogP contribution in [0.2, 0.25) is 0 Å². The molecule has 0 spiro atoms. The summed E-state index contributed by atoms with van der Waals surface area (Å²) in [5, 5.41) is 0. The van der Waals surface area contributed by atoms with Crippen LogP contribution < -0.4 is 0 Å². The smallest absolute Gasteiger partial charge is 0.166 e. The zero-order valence-electron chi connectivity index (χ0n) is 8.98. The number of aldehydes is 1. The summed E-state index contributed by atoms with van der Waals surface area (Å²) in [5.41, 5.74) is 2.54. The van der Waals surface area contributed by atoms with Crippen LogP contribution in [0.15, 0.2) is 36.5 Å². The molecule has 0 bridgehead atoms. The van der Waals surface area contributed by atoms with Crippen LogP contribution in [-0.4, -0.2) is 10.9 Å². The van der Waals surface area contributed by atoms with Crippen molar-refractivity contribution in [2.24, 2.45) is 0 Å². The van der Waals surface area contributed by atoms with Crippen LogP contribution in [0.25, 0.3) is 0 Å². The fourth-order valence-electron chi connectivity index (χ4n) is 1.70. The van der Waals surface area contributed by atoms with Crippen molar-refractivity contribution in [2.45, 2.75) is 13.5 Å². The lowest BCUT2D eigenvalue weighted by atomic mass is 10.1. The highest BCUT2D eigenvalue weighted by Crippen LogP contribution is 2.13. The first-order valence-corrected chi connectivity index (χ1v) is 5.06. The van der Waals surface area contributed by atoms with Crippen molar-refractivity contribution >= 4 is 6.29 Å². The monoisotopic (exact) mass is 217 g/mol. The fourth-order valence-corrected chi connectivity index (χ4v) is 1.70. The summed E-state index contributed by atoms with van der Waals surface area (Å²) in [6, 6.07) is 8.26. The van der Waals surface area contributed by atoms with Crippen molar-refractivity contribution in [3.8, 4) is 0 Å². The Bertz CT molecular complexity index is 516. The first-order valence-electron chi connectivity index (χ1n) is 5.06. The predicted octanol–water partition coefficient (Wildman–Crippen LogP) is 2.80. The van der Waals surface area contributed by atoms with E-state index < -0.39 is 0 Å². The minimum absolute atomic E-state index is 0.232. The highest BCUT2D eigenvalue weighted by atomic mass is 19.1. The normalized spacial score (nSPS) is 10.4. The van der Waals surface area contributed by atoms with Gasteiger partial charge in [0.2, 0.25) is 0 Å². The lowest BCUT2D eigenvalue weighted by molar-refractivity contribution is 0.111. The average Bonchev–Trinajstić information content (AvgIpc) is 2.69. The molecule has 82 valence electrons. The Morgan fingerprint density at radius 3 is 2.88 bits per heavy atom. The molecule has 2 aromatic rings. The molecule has 0 fully saturated rings. The van der Waals surface area contributed by atoms with Crippen LogP contribution in [0.1, 0.15) is 21.6 Å². The third-order valence-electron chi connectivity index (χ3n) is 2.63. The number of carbonyl (C=O) groups is 1. The molecular formula is C13H12FNO. The predicted molar refractivity (Wildman–Crippen MR) is 60.1 cm³/mol. The van der Waals surface area contributed by atoms with E-state index in [2.05, 4.69) is 0 Å². The quantitative estimate of drug-likeness (QED) is 0.724. The van der Waals surface area contributed by atoms with Gasteiger partial charge in [0.1, 0.15) is 5.82 Å². The molecule has 0 atom stereocenters. The summed E-state index contributed by atoms with van der Waals surface area (Å²) in [5.74, 6) is -0.232. The van der Waals surface area contributed by atoms with Crippen molar-refractivity contribution in [1.82, 2.24) is 4.57 Å². The van der Waals surface area contributed by atoms with E-state index in [0.717, 1.165) is 17.4 Å². The van der Waals surface area contributed by atoms with Gasteiger partial charge in [-0.2, -0.15) is 0 Å². The summed E-state index contributed by atoms with van der Waals surface area (Å²) >= 11 is 0. The maximum absolute atomic E-state index is 12.9. The summed E-state index contributed by atoms with van der Waals surface area (Å²) in [6.45, 7) is 2.45. The molecular weight excluding hydrogens is 205 g/mol. The summed E-state index contributed by atoms with van der Waals surface area (Å²) < 4.78 is 14.7. The zero-order chi connectivity index (χ0) is 11.5. The molecule has 0 amide bonds. The molecule has 1 heterocycles. The van der Waals surface area contributed by atoms with E-state index in [9.17, 15) is 9.18 Å². The molecule has 2 nitrogen and oxygen atoms in total. The van der Waals surface area contributed by atoms with E-state index in [4.69, 9.17) is 0 Å². The van der Waals surface area contributed by atoms with E-state index in [1.807, 2.05) is 23.8 Å². The van der Waals surface area contributed by atoms with Gasteiger partial charge in [-0.25, -0.2) is 4.39 Å². The number of halogens is 1. The molecule has 0 aliphatic heterocycles. The Labute approximate surface area is 93.3 Å². The van der Waals surface area contributed by atoms with Crippen molar-refractivity contribution in [1.29, 1.82) is 0 Å². The van der Waals surface area contributed by atoms with Crippen LogP contribution in [0.5, 0.6) is 0 Å².